The van der Waals surface area contributed by atoms with Gasteiger partial charge in [-0.05, 0) is 53.6 Å². The zero-order chi connectivity index (χ0) is 18.8. The molecule has 1 aliphatic rings. The van der Waals surface area contributed by atoms with Crippen LogP contribution in [0.25, 0.3) is 0 Å². The largest absolute Gasteiger partial charge is 0.349 e. The second kappa shape index (κ2) is 7.56. The zero-order valence-electron chi connectivity index (χ0n) is 16.3. The predicted molar refractivity (Wildman–Crippen MR) is 98.4 cm³/mol. The molecule has 0 spiro atoms. The molecular weight excluding hydrogens is 318 g/mol. The van der Waals surface area contributed by atoms with Crippen molar-refractivity contribution in [2.45, 2.75) is 46.1 Å². The standard InChI is InChI=1S/C18H31N5O2/c1-13-11-15(23(20-13)18(2,3)4)19-16(24)12-22-9-7-14(8-10-22)17(25)21(5)6/h11,14H,7-10,12H2,1-6H3,(H,19,24). The lowest BCUT2D eigenvalue weighted by Crippen LogP contribution is -2.43. The van der Waals surface area contributed by atoms with Crippen molar-refractivity contribution in [1.82, 2.24) is 19.6 Å². The summed E-state index contributed by atoms with van der Waals surface area (Å²) in [6.45, 7) is 9.98. The van der Waals surface area contributed by atoms with Gasteiger partial charge in [0, 0.05) is 26.1 Å². The smallest absolute Gasteiger partial charge is 0.239 e. The van der Waals surface area contributed by atoms with E-state index >= 15 is 0 Å². The van der Waals surface area contributed by atoms with Crippen molar-refractivity contribution in [3.05, 3.63) is 11.8 Å². The van der Waals surface area contributed by atoms with Crippen molar-refractivity contribution in [3.8, 4) is 0 Å². The number of piperidine rings is 1. The number of aromatic nitrogens is 2. The topological polar surface area (TPSA) is 70.5 Å². The van der Waals surface area contributed by atoms with Crippen molar-refractivity contribution in [3.63, 3.8) is 0 Å². The molecule has 0 saturated carbocycles. The van der Waals surface area contributed by atoms with Gasteiger partial charge in [0.15, 0.2) is 0 Å². The lowest BCUT2D eigenvalue weighted by molar-refractivity contribution is -0.134. The number of carbonyl (C=O) groups is 2. The molecule has 2 heterocycles. The van der Waals surface area contributed by atoms with Crippen molar-refractivity contribution in [1.29, 1.82) is 0 Å². The zero-order valence-corrected chi connectivity index (χ0v) is 16.3. The second-order valence-electron chi connectivity index (χ2n) is 8.08. The normalized spacial score (nSPS) is 16.7. The number of anilines is 1. The van der Waals surface area contributed by atoms with Crippen LogP contribution >= 0.6 is 0 Å². The molecule has 1 N–H and O–H groups in total. The Kier molecular flexibility index (Phi) is 5.87. The fourth-order valence-electron chi connectivity index (χ4n) is 3.19. The molecule has 25 heavy (non-hydrogen) atoms. The molecule has 2 rings (SSSR count). The summed E-state index contributed by atoms with van der Waals surface area (Å²) >= 11 is 0. The van der Waals surface area contributed by atoms with E-state index in [1.54, 1.807) is 19.0 Å². The highest BCUT2D eigenvalue weighted by Crippen LogP contribution is 2.22. The van der Waals surface area contributed by atoms with Crippen molar-refractivity contribution in [2.75, 3.05) is 39.0 Å². The van der Waals surface area contributed by atoms with Gasteiger partial charge in [-0.3, -0.25) is 14.5 Å². The highest BCUT2D eigenvalue weighted by Gasteiger charge is 2.27. The highest BCUT2D eigenvalue weighted by atomic mass is 16.2. The molecule has 1 aliphatic heterocycles. The molecule has 0 unspecified atom stereocenters. The van der Waals surface area contributed by atoms with Gasteiger partial charge >= 0.3 is 0 Å². The van der Waals surface area contributed by atoms with Gasteiger partial charge in [-0.2, -0.15) is 5.10 Å². The Bertz CT molecular complexity index is 622. The molecule has 0 atom stereocenters. The lowest BCUT2D eigenvalue weighted by Gasteiger charge is -2.32. The van der Waals surface area contributed by atoms with E-state index in [-0.39, 0.29) is 23.3 Å². The van der Waals surface area contributed by atoms with Crippen LogP contribution in [-0.2, 0) is 15.1 Å². The molecule has 0 bridgehead atoms. The Labute approximate surface area is 150 Å². The summed E-state index contributed by atoms with van der Waals surface area (Å²) in [6.07, 6.45) is 1.62. The molecule has 7 nitrogen and oxygen atoms in total. The molecule has 0 aromatic carbocycles. The van der Waals surface area contributed by atoms with Gasteiger partial charge in [-0.15, -0.1) is 0 Å². The third-order valence-corrected chi connectivity index (χ3v) is 4.48. The molecule has 7 heteroatoms. The van der Waals surface area contributed by atoms with E-state index in [4.69, 9.17) is 0 Å². The Morgan fingerprint density at radius 2 is 1.88 bits per heavy atom. The van der Waals surface area contributed by atoms with E-state index in [0.717, 1.165) is 37.4 Å². The number of hydrogen-bond acceptors (Lipinski definition) is 4. The van der Waals surface area contributed by atoms with E-state index in [1.165, 1.54) is 0 Å². The van der Waals surface area contributed by atoms with E-state index < -0.39 is 0 Å². The fourth-order valence-corrected chi connectivity index (χ4v) is 3.19. The Balaban J connectivity index is 1.89. The van der Waals surface area contributed by atoms with Gasteiger partial charge < -0.3 is 10.2 Å². The Morgan fingerprint density at radius 1 is 1.28 bits per heavy atom. The SMILES string of the molecule is Cc1cc(NC(=O)CN2CCC(C(=O)N(C)C)CC2)n(C(C)(C)C)n1. The van der Waals surface area contributed by atoms with Gasteiger partial charge in [0.1, 0.15) is 5.82 Å². The molecule has 140 valence electrons. The van der Waals surface area contributed by atoms with Gasteiger partial charge in [0.05, 0.1) is 17.8 Å². The average Bonchev–Trinajstić information content (AvgIpc) is 2.87. The van der Waals surface area contributed by atoms with Crippen molar-refractivity contribution >= 4 is 17.6 Å². The Hall–Kier alpha value is -1.89. The summed E-state index contributed by atoms with van der Waals surface area (Å²) in [7, 11) is 3.59. The van der Waals surface area contributed by atoms with Crippen LogP contribution < -0.4 is 5.32 Å². The first-order chi connectivity index (χ1) is 11.6. The average molecular weight is 349 g/mol. The van der Waals surface area contributed by atoms with Crippen LogP contribution in [0.3, 0.4) is 0 Å². The van der Waals surface area contributed by atoms with Crippen molar-refractivity contribution in [2.24, 2.45) is 5.92 Å². The summed E-state index contributed by atoms with van der Waals surface area (Å²) in [6, 6.07) is 1.89. The number of hydrogen-bond donors (Lipinski definition) is 1. The molecule has 1 saturated heterocycles. The number of likely N-dealkylation sites (tertiary alicyclic amines) is 1. The third kappa shape index (κ3) is 5.04. The van der Waals surface area contributed by atoms with Crippen LogP contribution in [0.15, 0.2) is 6.07 Å². The van der Waals surface area contributed by atoms with Gasteiger partial charge in [-0.1, -0.05) is 0 Å². The molecular formula is C18H31N5O2. The van der Waals surface area contributed by atoms with E-state index in [0.29, 0.717) is 6.54 Å². The quantitative estimate of drug-likeness (QED) is 0.898. The number of amides is 2. The van der Waals surface area contributed by atoms with Crippen LogP contribution in [0.4, 0.5) is 5.82 Å². The van der Waals surface area contributed by atoms with E-state index in [1.807, 2.05) is 17.7 Å². The number of nitrogens with one attached hydrogen (secondary N) is 1. The molecule has 1 aromatic heterocycles. The predicted octanol–water partition coefficient (Wildman–Crippen LogP) is 1.69. The van der Waals surface area contributed by atoms with Crippen molar-refractivity contribution < 1.29 is 9.59 Å². The molecule has 1 fully saturated rings. The first-order valence-corrected chi connectivity index (χ1v) is 8.88. The first-order valence-electron chi connectivity index (χ1n) is 8.88. The summed E-state index contributed by atoms with van der Waals surface area (Å²) < 4.78 is 1.85. The molecule has 0 aliphatic carbocycles. The van der Waals surface area contributed by atoms with Gasteiger partial charge in [-0.25, -0.2) is 4.68 Å². The summed E-state index contributed by atoms with van der Waals surface area (Å²) in [5.41, 5.74) is 0.690. The van der Waals surface area contributed by atoms with Crippen LogP contribution in [0, 0.1) is 12.8 Å². The van der Waals surface area contributed by atoms with Crippen LogP contribution in [-0.4, -0.2) is 65.1 Å². The minimum Gasteiger partial charge on any atom is -0.349 e. The maximum Gasteiger partial charge on any atom is 0.239 e. The van der Waals surface area contributed by atoms with E-state index in [9.17, 15) is 9.59 Å². The fraction of sp³-hybridized carbons (Fsp3) is 0.722. The van der Waals surface area contributed by atoms with Crippen LogP contribution in [0.2, 0.25) is 0 Å². The minimum atomic E-state index is -0.193. The molecule has 1 aromatic rings. The number of aryl methyl sites for hydroxylation is 1. The van der Waals surface area contributed by atoms with Crippen LogP contribution in [0.1, 0.15) is 39.3 Å². The lowest BCUT2D eigenvalue weighted by atomic mass is 9.95. The Morgan fingerprint density at radius 3 is 2.40 bits per heavy atom. The van der Waals surface area contributed by atoms with Gasteiger partial charge in [0.2, 0.25) is 11.8 Å². The maximum absolute atomic E-state index is 12.4. The number of nitrogens with zero attached hydrogens (tertiary/aromatic N) is 4. The summed E-state index contributed by atoms with van der Waals surface area (Å²) in [5, 5.41) is 7.46. The van der Waals surface area contributed by atoms with Crippen LogP contribution in [0.5, 0.6) is 0 Å². The minimum absolute atomic E-state index is 0.0391. The first kappa shape index (κ1) is 19.4. The number of rotatable bonds is 4. The monoisotopic (exact) mass is 349 g/mol. The van der Waals surface area contributed by atoms with E-state index in [2.05, 4.69) is 36.1 Å². The summed E-state index contributed by atoms with van der Waals surface area (Å²) in [4.78, 5) is 28.2. The second-order valence-corrected chi connectivity index (χ2v) is 8.08. The third-order valence-electron chi connectivity index (χ3n) is 4.48. The summed E-state index contributed by atoms with van der Waals surface area (Å²) in [5.74, 6) is 0.961. The highest BCUT2D eigenvalue weighted by molar-refractivity contribution is 5.91. The molecule has 0 radical (unpaired) electrons. The molecule has 2 amide bonds. The maximum atomic E-state index is 12.4. The number of carbonyl (C=O) groups excluding carboxylic acids is 2. The van der Waals surface area contributed by atoms with Gasteiger partial charge in [0.25, 0.3) is 0 Å².